The Bertz CT molecular complexity index is 869. The maximum atomic E-state index is 13.2. The lowest BCUT2D eigenvalue weighted by atomic mass is 9.78. The summed E-state index contributed by atoms with van der Waals surface area (Å²) in [6, 6.07) is 5.52. The van der Waals surface area contributed by atoms with Crippen LogP contribution < -0.4 is 10.6 Å². The highest BCUT2D eigenvalue weighted by Gasteiger charge is 2.38. The number of hydrogen-bond acceptors (Lipinski definition) is 3. The summed E-state index contributed by atoms with van der Waals surface area (Å²) in [5.41, 5.74) is 1.76. The summed E-state index contributed by atoms with van der Waals surface area (Å²) in [5, 5.41) is 13.3. The van der Waals surface area contributed by atoms with E-state index in [9.17, 15) is 18.0 Å². The number of carbonyl (C=O) groups excluding carboxylic acids is 1. The number of aromatic amines is 1. The average Bonchev–Trinajstić information content (AvgIpc) is 3.33. The van der Waals surface area contributed by atoms with Gasteiger partial charge in [-0.25, -0.2) is 0 Å². The average molecular weight is 392 g/mol. The van der Waals surface area contributed by atoms with Crippen LogP contribution in [0.5, 0.6) is 0 Å². The lowest BCUT2D eigenvalue weighted by Gasteiger charge is -2.30. The maximum absolute atomic E-state index is 13.2. The number of hydrogen-bond donors (Lipinski definition) is 3. The summed E-state index contributed by atoms with van der Waals surface area (Å²) in [6.07, 6.45) is -0.185. The molecule has 0 spiro atoms. The smallest absolute Gasteiger partial charge is 0.350 e. The van der Waals surface area contributed by atoms with Gasteiger partial charge in [0.05, 0.1) is 5.56 Å². The van der Waals surface area contributed by atoms with Crippen LogP contribution in [-0.4, -0.2) is 29.2 Å². The van der Waals surface area contributed by atoms with Crippen LogP contribution in [0.25, 0.3) is 0 Å². The van der Waals surface area contributed by atoms with Gasteiger partial charge in [0.25, 0.3) is 5.91 Å². The zero-order chi connectivity index (χ0) is 19.8. The van der Waals surface area contributed by atoms with Gasteiger partial charge in [0, 0.05) is 42.7 Å². The van der Waals surface area contributed by atoms with Crippen molar-refractivity contribution in [1.29, 1.82) is 0 Å². The summed E-state index contributed by atoms with van der Waals surface area (Å²) < 4.78 is 39.5. The SMILES string of the molecule is O=C(NCC1(c2cccc(C(F)(F)F)c2)CCCC1)c1n[nH]c2c1CNCC2. The van der Waals surface area contributed by atoms with Gasteiger partial charge in [-0.2, -0.15) is 18.3 Å². The number of carbonyl (C=O) groups is 1. The van der Waals surface area contributed by atoms with Gasteiger partial charge in [-0.15, -0.1) is 0 Å². The van der Waals surface area contributed by atoms with Crippen LogP contribution in [-0.2, 0) is 24.6 Å². The number of nitrogens with zero attached hydrogens (tertiary/aromatic N) is 1. The van der Waals surface area contributed by atoms with Crippen LogP contribution in [0.2, 0.25) is 0 Å². The minimum Gasteiger partial charge on any atom is -0.350 e. The van der Waals surface area contributed by atoms with Gasteiger partial charge in [0.15, 0.2) is 5.69 Å². The van der Waals surface area contributed by atoms with E-state index in [0.29, 0.717) is 24.3 Å². The minimum atomic E-state index is -4.37. The molecule has 28 heavy (non-hydrogen) atoms. The third kappa shape index (κ3) is 3.53. The first kappa shape index (κ1) is 19.0. The van der Waals surface area contributed by atoms with E-state index in [0.717, 1.165) is 56.0 Å². The fourth-order valence-corrected chi connectivity index (χ4v) is 4.39. The summed E-state index contributed by atoms with van der Waals surface area (Å²) in [7, 11) is 0. The van der Waals surface area contributed by atoms with Crippen LogP contribution in [0, 0.1) is 0 Å². The number of benzene rings is 1. The van der Waals surface area contributed by atoms with E-state index in [1.807, 2.05) is 0 Å². The molecule has 4 rings (SSSR count). The van der Waals surface area contributed by atoms with E-state index >= 15 is 0 Å². The van der Waals surface area contributed by atoms with Crippen LogP contribution in [0.1, 0.15) is 58.6 Å². The molecule has 0 saturated heterocycles. The number of halogens is 3. The number of alkyl halides is 3. The summed E-state index contributed by atoms with van der Waals surface area (Å²) in [6.45, 7) is 1.74. The quantitative estimate of drug-likeness (QED) is 0.748. The Morgan fingerprint density at radius 1 is 1.25 bits per heavy atom. The van der Waals surface area contributed by atoms with Crippen molar-refractivity contribution in [2.75, 3.05) is 13.1 Å². The molecule has 5 nitrogen and oxygen atoms in total. The first-order valence-electron chi connectivity index (χ1n) is 9.62. The predicted molar refractivity (Wildman–Crippen MR) is 97.9 cm³/mol. The van der Waals surface area contributed by atoms with Crippen LogP contribution in [0.3, 0.4) is 0 Å². The fourth-order valence-electron chi connectivity index (χ4n) is 4.39. The number of amides is 1. The molecule has 1 aliphatic heterocycles. The van der Waals surface area contributed by atoms with Crippen molar-refractivity contribution < 1.29 is 18.0 Å². The molecule has 0 unspecified atom stereocenters. The molecule has 2 heterocycles. The molecular weight excluding hydrogens is 369 g/mol. The van der Waals surface area contributed by atoms with Crippen molar-refractivity contribution in [2.24, 2.45) is 0 Å². The molecule has 1 aromatic carbocycles. The molecule has 3 N–H and O–H groups in total. The number of fused-ring (bicyclic) bond motifs is 1. The van der Waals surface area contributed by atoms with Gasteiger partial charge < -0.3 is 10.6 Å². The second-order valence-corrected chi connectivity index (χ2v) is 7.70. The number of H-pyrrole nitrogens is 1. The third-order valence-electron chi connectivity index (χ3n) is 5.97. The zero-order valence-corrected chi connectivity index (χ0v) is 15.5. The van der Waals surface area contributed by atoms with Crippen molar-refractivity contribution in [3.63, 3.8) is 0 Å². The molecule has 2 aromatic rings. The van der Waals surface area contributed by atoms with Gasteiger partial charge >= 0.3 is 6.18 Å². The third-order valence-corrected chi connectivity index (χ3v) is 5.97. The van der Waals surface area contributed by atoms with E-state index in [1.165, 1.54) is 12.1 Å². The van der Waals surface area contributed by atoms with Crippen molar-refractivity contribution in [2.45, 2.75) is 50.2 Å². The van der Waals surface area contributed by atoms with E-state index in [2.05, 4.69) is 20.8 Å². The molecule has 1 aromatic heterocycles. The number of aromatic nitrogens is 2. The van der Waals surface area contributed by atoms with Gasteiger partial charge in [-0.05, 0) is 24.5 Å². The molecule has 1 amide bonds. The topological polar surface area (TPSA) is 69.8 Å². The molecule has 2 aliphatic rings. The van der Waals surface area contributed by atoms with Gasteiger partial charge in [0.1, 0.15) is 0 Å². The molecule has 1 fully saturated rings. The number of nitrogens with one attached hydrogen (secondary N) is 3. The second kappa shape index (κ2) is 7.24. The first-order valence-corrected chi connectivity index (χ1v) is 9.62. The van der Waals surface area contributed by atoms with E-state index in [-0.39, 0.29) is 5.91 Å². The van der Waals surface area contributed by atoms with Crippen LogP contribution >= 0.6 is 0 Å². The Balaban J connectivity index is 1.55. The largest absolute Gasteiger partial charge is 0.416 e. The monoisotopic (exact) mass is 392 g/mol. The van der Waals surface area contributed by atoms with Crippen LogP contribution in [0.15, 0.2) is 24.3 Å². The maximum Gasteiger partial charge on any atom is 0.416 e. The summed E-state index contributed by atoms with van der Waals surface area (Å²) in [4.78, 5) is 12.7. The molecule has 1 aliphatic carbocycles. The van der Waals surface area contributed by atoms with Crippen LogP contribution in [0.4, 0.5) is 13.2 Å². The summed E-state index contributed by atoms with van der Waals surface area (Å²) >= 11 is 0. The summed E-state index contributed by atoms with van der Waals surface area (Å²) in [5.74, 6) is -0.278. The highest BCUT2D eigenvalue weighted by molar-refractivity contribution is 5.94. The Morgan fingerprint density at radius 3 is 2.79 bits per heavy atom. The van der Waals surface area contributed by atoms with Gasteiger partial charge in [-0.3, -0.25) is 9.89 Å². The lowest BCUT2D eigenvalue weighted by Crippen LogP contribution is -2.39. The highest BCUT2D eigenvalue weighted by Crippen LogP contribution is 2.42. The van der Waals surface area contributed by atoms with E-state index < -0.39 is 17.2 Å². The molecular formula is C20H23F3N4O. The fraction of sp³-hybridized carbons (Fsp3) is 0.500. The Morgan fingerprint density at radius 2 is 2.04 bits per heavy atom. The predicted octanol–water partition coefficient (Wildman–Crippen LogP) is 3.32. The van der Waals surface area contributed by atoms with Crippen molar-refractivity contribution in [1.82, 2.24) is 20.8 Å². The first-order chi connectivity index (χ1) is 13.4. The molecule has 0 radical (unpaired) electrons. The Hall–Kier alpha value is -2.35. The van der Waals surface area contributed by atoms with Gasteiger partial charge in [0.2, 0.25) is 0 Å². The van der Waals surface area contributed by atoms with E-state index in [4.69, 9.17) is 0 Å². The second-order valence-electron chi connectivity index (χ2n) is 7.70. The molecule has 1 saturated carbocycles. The Kier molecular flexibility index (Phi) is 4.91. The zero-order valence-electron chi connectivity index (χ0n) is 15.5. The Labute approximate surface area is 161 Å². The molecule has 150 valence electrons. The number of rotatable bonds is 4. The van der Waals surface area contributed by atoms with Crippen molar-refractivity contribution >= 4 is 5.91 Å². The van der Waals surface area contributed by atoms with E-state index in [1.54, 1.807) is 6.07 Å². The standard InChI is InChI=1S/C20H23F3N4O/c21-20(22,23)14-5-3-4-13(10-14)19(7-1-2-8-19)12-25-18(28)17-15-11-24-9-6-16(15)26-27-17/h3-5,10,24H,1-2,6-9,11-12H2,(H,25,28)(H,26,27). The molecule has 8 heteroatoms. The van der Waals surface area contributed by atoms with Crippen molar-refractivity contribution in [3.8, 4) is 0 Å². The molecule has 0 atom stereocenters. The van der Waals surface area contributed by atoms with Gasteiger partial charge in [-0.1, -0.05) is 31.0 Å². The normalized spacial score (nSPS) is 18.7. The van der Waals surface area contributed by atoms with Crippen molar-refractivity contribution in [3.05, 3.63) is 52.3 Å². The molecule has 0 bridgehead atoms. The minimum absolute atomic E-state index is 0.278. The lowest BCUT2D eigenvalue weighted by molar-refractivity contribution is -0.137. The highest BCUT2D eigenvalue weighted by atomic mass is 19.4.